The number of hydrogen-bond acceptors (Lipinski definition) is 3. The van der Waals surface area contributed by atoms with Crippen LogP contribution >= 0.6 is 0 Å². The lowest BCUT2D eigenvalue weighted by atomic mass is 10.1. The highest BCUT2D eigenvalue weighted by Gasteiger charge is 2.30. The fourth-order valence-corrected chi connectivity index (χ4v) is 2.65. The first-order chi connectivity index (χ1) is 13.2. The number of amides is 1. The minimum Gasteiger partial charge on any atom is -0.471 e. The Labute approximate surface area is 159 Å². The molecule has 0 unspecified atom stereocenters. The van der Waals surface area contributed by atoms with Gasteiger partial charge in [0.05, 0.1) is 5.56 Å². The standard InChI is InChI=1S/C20H18F3N3O2/c1-13-5-3-6-14(2)18(13)24-19(27)17-9-10-26(25-17)12-28-16-8-4-7-15(11-16)20(21,22)23/h3-11H,12H2,1-2H3,(H,24,27). The van der Waals surface area contributed by atoms with Crippen LogP contribution in [0.1, 0.15) is 27.2 Å². The molecule has 1 aromatic heterocycles. The summed E-state index contributed by atoms with van der Waals surface area (Å²) in [6.45, 7) is 3.66. The first-order valence-electron chi connectivity index (χ1n) is 8.45. The van der Waals surface area contributed by atoms with Crippen molar-refractivity contribution in [2.45, 2.75) is 26.8 Å². The van der Waals surface area contributed by atoms with Crippen molar-refractivity contribution >= 4 is 11.6 Å². The molecule has 2 aromatic carbocycles. The molecule has 3 aromatic rings. The molecule has 0 aliphatic heterocycles. The third-order valence-corrected chi connectivity index (χ3v) is 4.12. The maximum Gasteiger partial charge on any atom is 0.416 e. The van der Waals surface area contributed by atoms with Crippen molar-refractivity contribution in [3.05, 3.63) is 77.1 Å². The smallest absolute Gasteiger partial charge is 0.416 e. The Hall–Kier alpha value is -3.29. The molecule has 0 spiro atoms. The lowest BCUT2D eigenvalue weighted by molar-refractivity contribution is -0.137. The van der Waals surface area contributed by atoms with Gasteiger partial charge in [-0.05, 0) is 49.2 Å². The van der Waals surface area contributed by atoms with Crippen LogP contribution in [0.2, 0.25) is 0 Å². The molecule has 0 saturated heterocycles. The number of carbonyl (C=O) groups is 1. The molecule has 1 heterocycles. The Morgan fingerprint density at radius 1 is 1.11 bits per heavy atom. The van der Waals surface area contributed by atoms with Crippen LogP contribution in [0.15, 0.2) is 54.7 Å². The summed E-state index contributed by atoms with van der Waals surface area (Å²) in [4.78, 5) is 12.4. The van der Waals surface area contributed by atoms with Crippen molar-refractivity contribution in [1.82, 2.24) is 9.78 Å². The van der Waals surface area contributed by atoms with E-state index in [4.69, 9.17) is 4.74 Å². The summed E-state index contributed by atoms with van der Waals surface area (Å²) in [5, 5.41) is 6.93. The predicted octanol–water partition coefficient (Wildman–Crippen LogP) is 4.81. The van der Waals surface area contributed by atoms with Gasteiger partial charge in [0, 0.05) is 11.9 Å². The third-order valence-electron chi connectivity index (χ3n) is 4.12. The highest BCUT2D eigenvalue weighted by Crippen LogP contribution is 2.31. The van der Waals surface area contributed by atoms with Crippen LogP contribution in [-0.4, -0.2) is 15.7 Å². The average Bonchev–Trinajstić information content (AvgIpc) is 3.12. The van der Waals surface area contributed by atoms with Crippen LogP contribution in [-0.2, 0) is 12.9 Å². The molecule has 28 heavy (non-hydrogen) atoms. The number of aryl methyl sites for hydroxylation is 2. The van der Waals surface area contributed by atoms with E-state index in [2.05, 4.69) is 10.4 Å². The lowest BCUT2D eigenvalue weighted by Crippen LogP contribution is -2.15. The molecule has 3 rings (SSSR count). The van der Waals surface area contributed by atoms with Crippen LogP contribution in [0.4, 0.5) is 18.9 Å². The van der Waals surface area contributed by atoms with Gasteiger partial charge in [-0.1, -0.05) is 24.3 Å². The van der Waals surface area contributed by atoms with E-state index in [1.807, 2.05) is 32.0 Å². The zero-order valence-corrected chi connectivity index (χ0v) is 15.2. The number of hydrogen-bond donors (Lipinski definition) is 1. The van der Waals surface area contributed by atoms with Gasteiger partial charge in [-0.2, -0.15) is 18.3 Å². The third kappa shape index (κ3) is 4.51. The summed E-state index contributed by atoms with van der Waals surface area (Å²) in [5.74, 6) is -0.318. The minimum atomic E-state index is -4.44. The number of nitrogens with one attached hydrogen (secondary N) is 1. The number of alkyl halides is 3. The van der Waals surface area contributed by atoms with Gasteiger partial charge in [0.2, 0.25) is 0 Å². The van der Waals surface area contributed by atoms with Crippen LogP contribution in [0.3, 0.4) is 0 Å². The molecule has 1 amide bonds. The monoisotopic (exact) mass is 389 g/mol. The van der Waals surface area contributed by atoms with Gasteiger partial charge in [0.25, 0.3) is 5.91 Å². The van der Waals surface area contributed by atoms with Crippen LogP contribution in [0.5, 0.6) is 5.75 Å². The fraction of sp³-hybridized carbons (Fsp3) is 0.200. The number of ether oxygens (including phenoxy) is 1. The molecule has 0 saturated carbocycles. The van der Waals surface area contributed by atoms with Crippen molar-refractivity contribution in [2.24, 2.45) is 0 Å². The molecule has 146 valence electrons. The topological polar surface area (TPSA) is 56.2 Å². The van der Waals surface area contributed by atoms with Gasteiger partial charge in [0.1, 0.15) is 5.75 Å². The molecule has 8 heteroatoms. The molecular formula is C20H18F3N3O2. The van der Waals surface area contributed by atoms with Crippen molar-refractivity contribution in [1.29, 1.82) is 0 Å². The van der Waals surface area contributed by atoms with Gasteiger partial charge < -0.3 is 10.1 Å². The number of halogens is 3. The number of anilines is 1. The first-order valence-corrected chi connectivity index (χ1v) is 8.45. The normalized spacial score (nSPS) is 11.3. The number of benzene rings is 2. The number of rotatable bonds is 5. The predicted molar refractivity (Wildman–Crippen MR) is 98.2 cm³/mol. The number of carbonyl (C=O) groups excluding carboxylic acids is 1. The van der Waals surface area contributed by atoms with Gasteiger partial charge in [-0.25, -0.2) is 4.68 Å². The molecule has 0 aliphatic rings. The van der Waals surface area contributed by atoms with Gasteiger partial charge in [-0.3, -0.25) is 4.79 Å². The summed E-state index contributed by atoms with van der Waals surface area (Å²) in [6, 6.07) is 11.8. The zero-order chi connectivity index (χ0) is 20.3. The minimum absolute atomic E-state index is 0.0619. The second-order valence-electron chi connectivity index (χ2n) is 6.26. The number of nitrogens with zero attached hydrogens (tertiary/aromatic N) is 2. The van der Waals surface area contributed by atoms with Crippen LogP contribution in [0.25, 0.3) is 0 Å². The summed E-state index contributed by atoms with van der Waals surface area (Å²) in [6.07, 6.45) is -2.92. The first kappa shape index (κ1) is 19.5. The molecule has 0 fully saturated rings. The highest BCUT2D eigenvalue weighted by molar-refractivity contribution is 6.03. The fourth-order valence-electron chi connectivity index (χ4n) is 2.65. The summed E-state index contributed by atoms with van der Waals surface area (Å²) in [7, 11) is 0. The Kier molecular flexibility index (Phi) is 5.39. The average molecular weight is 389 g/mol. The molecule has 0 aliphatic carbocycles. The van der Waals surface area contributed by atoms with Crippen molar-refractivity contribution in [3.63, 3.8) is 0 Å². The Morgan fingerprint density at radius 2 is 1.79 bits per heavy atom. The molecule has 0 atom stereocenters. The zero-order valence-electron chi connectivity index (χ0n) is 15.2. The summed E-state index contributed by atoms with van der Waals surface area (Å²) in [5.41, 5.74) is 1.97. The van der Waals surface area contributed by atoms with Crippen molar-refractivity contribution < 1.29 is 22.7 Å². The SMILES string of the molecule is Cc1cccc(C)c1NC(=O)c1ccn(COc2cccc(C(F)(F)F)c2)n1. The van der Waals surface area contributed by atoms with Crippen molar-refractivity contribution in [3.8, 4) is 5.75 Å². The Morgan fingerprint density at radius 3 is 2.46 bits per heavy atom. The summed E-state index contributed by atoms with van der Waals surface area (Å²) < 4.78 is 44.9. The molecule has 0 bridgehead atoms. The number of aromatic nitrogens is 2. The quantitative estimate of drug-likeness (QED) is 0.682. The second kappa shape index (κ2) is 7.75. The Balaban J connectivity index is 1.65. The molecular weight excluding hydrogens is 371 g/mol. The van der Waals surface area contributed by atoms with Gasteiger partial charge in [0.15, 0.2) is 12.4 Å². The van der Waals surface area contributed by atoms with Crippen molar-refractivity contribution in [2.75, 3.05) is 5.32 Å². The van der Waals surface area contributed by atoms with E-state index in [1.165, 1.54) is 29.1 Å². The van der Waals surface area contributed by atoms with E-state index in [1.54, 1.807) is 0 Å². The van der Waals surface area contributed by atoms with Gasteiger partial charge in [-0.15, -0.1) is 0 Å². The van der Waals surface area contributed by atoms with E-state index in [-0.39, 0.29) is 24.1 Å². The van der Waals surface area contributed by atoms with Gasteiger partial charge >= 0.3 is 6.18 Å². The van der Waals surface area contributed by atoms with Crippen LogP contribution in [0, 0.1) is 13.8 Å². The van der Waals surface area contributed by atoms with E-state index in [0.29, 0.717) is 0 Å². The molecule has 5 nitrogen and oxygen atoms in total. The van der Waals surface area contributed by atoms with E-state index < -0.39 is 11.7 Å². The lowest BCUT2D eigenvalue weighted by Gasteiger charge is -2.11. The van der Waals surface area contributed by atoms with E-state index in [9.17, 15) is 18.0 Å². The maximum absolute atomic E-state index is 12.7. The molecule has 0 radical (unpaired) electrons. The van der Waals surface area contributed by atoms with Crippen LogP contribution < -0.4 is 10.1 Å². The van der Waals surface area contributed by atoms with E-state index >= 15 is 0 Å². The summed E-state index contributed by atoms with van der Waals surface area (Å²) >= 11 is 0. The second-order valence-corrected chi connectivity index (χ2v) is 6.26. The van der Waals surface area contributed by atoms with E-state index in [0.717, 1.165) is 28.9 Å². The maximum atomic E-state index is 12.7. The number of para-hydroxylation sites is 1. The largest absolute Gasteiger partial charge is 0.471 e. The highest BCUT2D eigenvalue weighted by atomic mass is 19.4. The Bertz CT molecular complexity index is 976. The molecule has 1 N–H and O–H groups in total.